The lowest BCUT2D eigenvalue weighted by molar-refractivity contribution is -0.143. The molecule has 4 N–H and O–H groups in total. The number of ether oxygens (including phenoxy) is 1. The molecule has 308 valence electrons. The molecule has 1 heterocycles. The number of carboxylic acid groups (broad SMARTS) is 1. The Morgan fingerprint density at radius 3 is 2.29 bits per heavy atom. The van der Waals surface area contributed by atoms with E-state index in [-0.39, 0.29) is 65.4 Å². The van der Waals surface area contributed by atoms with Gasteiger partial charge in [0.2, 0.25) is 11.8 Å². The van der Waals surface area contributed by atoms with Gasteiger partial charge in [-0.15, -0.1) is 11.3 Å². The molecule has 13 heteroatoms. The molecule has 1 aromatic heterocycles. The third-order valence-electron chi connectivity index (χ3n) is 11.1. The van der Waals surface area contributed by atoms with Crippen LogP contribution in [0.15, 0.2) is 23.6 Å². The van der Waals surface area contributed by atoms with Crippen LogP contribution in [0.4, 0.5) is 0 Å². The van der Waals surface area contributed by atoms with Crippen molar-refractivity contribution in [1.29, 1.82) is 0 Å². The minimum Gasteiger partial charge on any atom is -0.508 e. The third kappa shape index (κ3) is 12.2. The quantitative estimate of drug-likeness (QED) is 0.100. The first kappa shape index (κ1) is 45.8. The summed E-state index contributed by atoms with van der Waals surface area (Å²) in [7, 11) is 3.80. The fourth-order valence-electron chi connectivity index (χ4n) is 7.64. The van der Waals surface area contributed by atoms with Gasteiger partial charge in [-0.3, -0.25) is 24.1 Å². The monoisotopic (exact) mass is 785 g/mol. The molecule has 0 saturated heterocycles. The van der Waals surface area contributed by atoms with Gasteiger partial charge in [-0.2, -0.15) is 0 Å². The summed E-state index contributed by atoms with van der Waals surface area (Å²) in [4.78, 5) is 63.0. The van der Waals surface area contributed by atoms with Crippen molar-refractivity contribution in [3.8, 4) is 5.75 Å². The molecule has 0 bridgehead atoms. The molecule has 1 aromatic carbocycles. The highest BCUT2D eigenvalue weighted by atomic mass is 32.1. The molecule has 0 fully saturated rings. The van der Waals surface area contributed by atoms with Crippen LogP contribution >= 0.6 is 11.3 Å². The molecule has 0 unspecified atom stereocenters. The molecular formula is C42H67N5O7S. The number of phenols is 1. The van der Waals surface area contributed by atoms with Crippen LogP contribution in [0.25, 0.3) is 0 Å². The first-order valence-corrected chi connectivity index (χ1v) is 21.2. The predicted molar refractivity (Wildman–Crippen MR) is 217 cm³/mol. The van der Waals surface area contributed by atoms with Gasteiger partial charge in [-0.1, -0.05) is 74.3 Å². The number of aliphatic carboxylic acids is 1. The molecule has 1 aliphatic rings. The summed E-state index contributed by atoms with van der Waals surface area (Å²) in [5, 5.41) is 28.6. The van der Waals surface area contributed by atoms with Gasteiger partial charge in [0, 0.05) is 37.0 Å². The maximum Gasteiger partial charge on any atom is 0.311 e. The van der Waals surface area contributed by atoms with Crippen molar-refractivity contribution in [2.24, 2.45) is 17.8 Å². The van der Waals surface area contributed by atoms with Gasteiger partial charge < -0.3 is 30.5 Å². The Balaban J connectivity index is 1.87. The van der Waals surface area contributed by atoms with Crippen molar-refractivity contribution in [1.82, 2.24) is 25.4 Å². The van der Waals surface area contributed by atoms with Crippen molar-refractivity contribution >= 4 is 35.0 Å². The molecule has 0 spiro atoms. The number of hydrogen-bond donors (Lipinski definition) is 4. The highest BCUT2D eigenvalue weighted by molar-refractivity contribution is 7.09. The molecule has 2 aromatic rings. The van der Waals surface area contributed by atoms with E-state index in [0.717, 1.165) is 31.2 Å². The number of nitrogens with zero attached hydrogens (tertiary/aromatic N) is 3. The summed E-state index contributed by atoms with van der Waals surface area (Å²) >= 11 is 1.34. The summed E-state index contributed by atoms with van der Waals surface area (Å²) in [5.41, 5.74) is 1.66. The first-order valence-electron chi connectivity index (χ1n) is 20.3. The fourth-order valence-corrected chi connectivity index (χ4v) is 8.50. The number of aromatic hydroxyl groups is 1. The molecular weight excluding hydrogens is 719 g/mol. The van der Waals surface area contributed by atoms with Crippen LogP contribution in [0, 0.1) is 17.8 Å². The van der Waals surface area contributed by atoms with Crippen molar-refractivity contribution in [3.63, 3.8) is 0 Å². The van der Waals surface area contributed by atoms with E-state index in [1.165, 1.54) is 17.4 Å². The number of nitrogens with one attached hydrogen (secondary N) is 2. The zero-order valence-corrected chi connectivity index (χ0v) is 35.6. The number of rotatable bonds is 21. The highest BCUT2D eigenvalue weighted by Crippen LogP contribution is 2.35. The normalized spacial score (nSPS) is 19.1. The minimum absolute atomic E-state index is 0.0153. The minimum atomic E-state index is -1.00. The Labute approximate surface area is 332 Å². The zero-order valence-electron chi connectivity index (χ0n) is 34.8. The van der Waals surface area contributed by atoms with Gasteiger partial charge >= 0.3 is 5.97 Å². The topological polar surface area (TPSA) is 161 Å². The first-order chi connectivity index (χ1) is 26.1. The molecule has 0 aliphatic heterocycles. The van der Waals surface area contributed by atoms with Crippen LogP contribution in [0.2, 0.25) is 0 Å². The standard InChI is InChI=1S/C42H67N5O7S/c1-11-19-47(41(51)36(26(7)13-3)45-39(50)37(46(9)10)27(8)14-4)34(25(5)6)23-35(54-20-12-2)40-44-33(24-55-40)38(49)43-29-17-15-28-16-18-30(48)22-31(28)32(21-29)42(52)53/h16,18,22,24-27,29,32,34-37,48H,11-15,17,19-21,23H2,1-10H3,(H,43,49)(H,45,50)(H,52,53)/t26-,27-,29-,32+,34+,35+,36-,37+/m0/s1. The van der Waals surface area contributed by atoms with E-state index in [4.69, 9.17) is 9.72 Å². The number of phenolic OH excluding ortho intramolecular Hbond substituents is 1. The van der Waals surface area contributed by atoms with Crippen molar-refractivity contribution < 1.29 is 34.1 Å². The number of thiazole rings is 1. The number of amides is 3. The molecule has 12 nitrogen and oxygen atoms in total. The van der Waals surface area contributed by atoms with Crippen LogP contribution in [0.1, 0.15) is 139 Å². The second-order valence-corrected chi connectivity index (χ2v) is 16.8. The molecule has 8 atom stereocenters. The summed E-state index contributed by atoms with van der Waals surface area (Å²) in [6, 6.07) is 3.13. The smallest absolute Gasteiger partial charge is 0.311 e. The van der Waals surface area contributed by atoms with Crippen molar-refractivity contribution in [2.45, 2.75) is 143 Å². The fraction of sp³-hybridized carbons (Fsp3) is 0.690. The van der Waals surface area contributed by atoms with E-state index in [9.17, 15) is 29.4 Å². The molecule has 55 heavy (non-hydrogen) atoms. The van der Waals surface area contributed by atoms with Gasteiger partial charge in [0.05, 0.1) is 12.0 Å². The third-order valence-corrected chi connectivity index (χ3v) is 12.1. The van der Waals surface area contributed by atoms with Crippen LogP contribution in [0.5, 0.6) is 5.75 Å². The van der Waals surface area contributed by atoms with E-state index < -0.39 is 30.1 Å². The highest BCUT2D eigenvalue weighted by Gasteiger charge is 2.38. The SMILES string of the molecule is CCCO[C@H](C[C@H](C(C)C)N(CCC)C(=O)[C@@H](NC(=O)[C@@H]([C@@H](C)CC)N(C)C)[C@@H](C)CC)c1nc(C(=O)N[C@H]2CCc3ccc(O)cc3[C@H](C(=O)O)C2)cs1. The molecule has 3 rings (SSSR count). The van der Waals surface area contributed by atoms with Gasteiger partial charge in [0.1, 0.15) is 28.6 Å². The number of carbonyl (C=O) groups excluding carboxylic acids is 3. The van der Waals surface area contributed by atoms with Crippen LogP contribution < -0.4 is 10.6 Å². The average molecular weight is 786 g/mol. The Bertz CT molecular complexity index is 1560. The average Bonchev–Trinajstić information content (AvgIpc) is 3.57. The van der Waals surface area contributed by atoms with E-state index in [1.54, 1.807) is 17.5 Å². The number of aromatic nitrogens is 1. The summed E-state index contributed by atoms with van der Waals surface area (Å²) < 4.78 is 6.42. The van der Waals surface area contributed by atoms with Crippen LogP contribution in [-0.2, 0) is 25.5 Å². The van der Waals surface area contributed by atoms with Gasteiger partial charge in [0.25, 0.3) is 5.91 Å². The summed E-state index contributed by atoms with van der Waals surface area (Å²) in [6.07, 6.45) is 4.36. The molecule has 1 aliphatic carbocycles. The predicted octanol–water partition coefficient (Wildman–Crippen LogP) is 6.78. The number of benzene rings is 1. The number of carbonyl (C=O) groups is 4. The number of carboxylic acids is 1. The lowest BCUT2D eigenvalue weighted by atomic mass is 9.91. The van der Waals surface area contributed by atoms with Gasteiger partial charge in [-0.25, -0.2) is 4.98 Å². The summed E-state index contributed by atoms with van der Waals surface area (Å²) in [5.74, 6) is -2.40. The van der Waals surface area contributed by atoms with Crippen molar-refractivity contribution in [2.75, 3.05) is 27.2 Å². The number of hydrogen-bond acceptors (Lipinski definition) is 9. The lowest BCUT2D eigenvalue weighted by Crippen LogP contribution is -2.59. The molecule has 0 saturated carbocycles. The maximum absolute atomic E-state index is 14.7. The Morgan fingerprint density at radius 2 is 1.71 bits per heavy atom. The van der Waals surface area contributed by atoms with Gasteiger partial charge in [0.15, 0.2) is 0 Å². The van der Waals surface area contributed by atoms with E-state index >= 15 is 0 Å². The molecule has 0 radical (unpaired) electrons. The largest absolute Gasteiger partial charge is 0.508 e. The number of likely N-dealkylation sites (N-methyl/N-ethyl adjacent to an activating group) is 1. The van der Waals surface area contributed by atoms with Crippen LogP contribution in [-0.4, -0.2) is 100 Å². The maximum atomic E-state index is 14.7. The van der Waals surface area contributed by atoms with Crippen molar-refractivity contribution in [3.05, 3.63) is 45.4 Å². The van der Waals surface area contributed by atoms with Gasteiger partial charge in [-0.05, 0) is 87.2 Å². The van der Waals surface area contributed by atoms with E-state index in [1.807, 2.05) is 51.6 Å². The number of aryl methyl sites for hydroxylation is 1. The second kappa shape index (κ2) is 21.7. The van der Waals surface area contributed by atoms with Crippen LogP contribution in [0.3, 0.4) is 0 Å². The Morgan fingerprint density at radius 1 is 1.02 bits per heavy atom. The van der Waals surface area contributed by atoms with E-state index in [2.05, 4.69) is 38.3 Å². The lowest BCUT2D eigenvalue weighted by Gasteiger charge is -2.40. The Kier molecular flexibility index (Phi) is 18.1. The molecule has 3 amide bonds. The second-order valence-electron chi connectivity index (χ2n) is 15.9. The Hall–Kier alpha value is -3.55. The zero-order chi connectivity index (χ0) is 41.0. The van der Waals surface area contributed by atoms with E-state index in [0.29, 0.717) is 43.0 Å². The number of fused-ring (bicyclic) bond motifs is 1. The summed E-state index contributed by atoms with van der Waals surface area (Å²) in [6.45, 7) is 17.4.